The maximum Gasteiger partial charge on any atom is 0.314 e. The average molecular weight is 341 g/mol. The smallest absolute Gasteiger partial charge is 0.314 e. The maximum absolute atomic E-state index is 13.1. The third kappa shape index (κ3) is 3.65. The van der Waals surface area contributed by atoms with Crippen LogP contribution in [0.15, 0.2) is 48.8 Å². The number of nitrogens with zero attached hydrogens (tertiary/aromatic N) is 1. The normalized spacial score (nSPS) is 11.9. The van der Waals surface area contributed by atoms with Crippen LogP contribution in [0.25, 0.3) is 11.0 Å². The van der Waals surface area contributed by atoms with Gasteiger partial charge in [0.15, 0.2) is 0 Å². The SMILES string of the molecule is COC(=O)[C@H](CNC(=O)c1ccc2nc[nH]c2c1)c1ccc(F)cc1. The zero-order valence-corrected chi connectivity index (χ0v) is 13.5. The van der Waals surface area contributed by atoms with E-state index in [1.807, 2.05) is 0 Å². The molecule has 2 aromatic carbocycles. The molecular weight excluding hydrogens is 325 g/mol. The summed E-state index contributed by atoms with van der Waals surface area (Å²) in [6.45, 7) is 0.0398. The summed E-state index contributed by atoms with van der Waals surface area (Å²) in [5, 5.41) is 2.72. The second-order valence-corrected chi connectivity index (χ2v) is 5.47. The van der Waals surface area contributed by atoms with Crippen molar-refractivity contribution in [2.75, 3.05) is 13.7 Å². The topological polar surface area (TPSA) is 84.1 Å². The van der Waals surface area contributed by atoms with Gasteiger partial charge in [-0.1, -0.05) is 12.1 Å². The van der Waals surface area contributed by atoms with Gasteiger partial charge in [0.25, 0.3) is 5.91 Å². The van der Waals surface area contributed by atoms with Crippen molar-refractivity contribution in [2.24, 2.45) is 0 Å². The number of benzene rings is 2. The first-order valence-corrected chi connectivity index (χ1v) is 7.63. The van der Waals surface area contributed by atoms with Crippen LogP contribution >= 0.6 is 0 Å². The van der Waals surface area contributed by atoms with Crippen molar-refractivity contribution < 1.29 is 18.7 Å². The van der Waals surface area contributed by atoms with Crippen molar-refractivity contribution in [3.8, 4) is 0 Å². The molecule has 0 saturated carbocycles. The highest BCUT2D eigenvalue weighted by molar-refractivity contribution is 5.97. The number of carbonyl (C=O) groups excluding carboxylic acids is 2. The molecule has 0 saturated heterocycles. The molecule has 3 rings (SSSR count). The van der Waals surface area contributed by atoms with Gasteiger partial charge in [0.05, 0.1) is 30.4 Å². The van der Waals surface area contributed by atoms with Crippen molar-refractivity contribution in [1.82, 2.24) is 15.3 Å². The van der Waals surface area contributed by atoms with Crippen molar-refractivity contribution in [2.45, 2.75) is 5.92 Å². The molecule has 0 radical (unpaired) electrons. The summed E-state index contributed by atoms with van der Waals surface area (Å²) in [7, 11) is 1.27. The van der Waals surface area contributed by atoms with Crippen LogP contribution in [-0.2, 0) is 9.53 Å². The van der Waals surface area contributed by atoms with Crippen molar-refractivity contribution in [3.63, 3.8) is 0 Å². The van der Waals surface area contributed by atoms with Crippen molar-refractivity contribution in [1.29, 1.82) is 0 Å². The number of hydrogen-bond acceptors (Lipinski definition) is 4. The summed E-state index contributed by atoms with van der Waals surface area (Å²) in [6, 6.07) is 10.6. The summed E-state index contributed by atoms with van der Waals surface area (Å²) < 4.78 is 17.9. The number of rotatable bonds is 5. The van der Waals surface area contributed by atoms with E-state index in [4.69, 9.17) is 4.74 Å². The molecule has 0 spiro atoms. The molecule has 2 N–H and O–H groups in total. The Hall–Kier alpha value is -3.22. The highest BCUT2D eigenvalue weighted by Gasteiger charge is 2.22. The first kappa shape index (κ1) is 16.6. The molecule has 1 aromatic heterocycles. The molecule has 0 aliphatic rings. The van der Waals surface area contributed by atoms with Crippen LogP contribution in [0.5, 0.6) is 0 Å². The molecule has 6 nitrogen and oxygen atoms in total. The van der Waals surface area contributed by atoms with Gasteiger partial charge in [-0.2, -0.15) is 0 Å². The van der Waals surface area contributed by atoms with E-state index in [9.17, 15) is 14.0 Å². The number of nitrogens with one attached hydrogen (secondary N) is 2. The third-order valence-corrected chi connectivity index (χ3v) is 3.91. The number of imidazole rings is 1. The highest BCUT2D eigenvalue weighted by atomic mass is 19.1. The Morgan fingerprint density at radius 3 is 2.72 bits per heavy atom. The lowest BCUT2D eigenvalue weighted by molar-refractivity contribution is -0.142. The van der Waals surface area contributed by atoms with Crippen LogP contribution in [0.1, 0.15) is 21.8 Å². The van der Waals surface area contributed by atoms with Crippen LogP contribution in [-0.4, -0.2) is 35.5 Å². The largest absolute Gasteiger partial charge is 0.468 e. The predicted molar refractivity (Wildman–Crippen MR) is 89.6 cm³/mol. The van der Waals surface area contributed by atoms with Crippen molar-refractivity contribution >= 4 is 22.9 Å². The fraction of sp³-hybridized carbons (Fsp3) is 0.167. The Morgan fingerprint density at radius 2 is 2.00 bits per heavy atom. The summed E-state index contributed by atoms with van der Waals surface area (Å²) in [4.78, 5) is 31.4. The number of H-pyrrole nitrogens is 1. The Balaban J connectivity index is 1.74. The number of halogens is 1. The molecule has 128 valence electrons. The summed E-state index contributed by atoms with van der Waals surface area (Å²) >= 11 is 0. The molecule has 0 aliphatic carbocycles. The lowest BCUT2D eigenvalue weighted by Gasteiger charge is -2.16. The van der Waals surface area contributed by atoms with E-state index in [2.05, 4.69) is 15.3 Å². The minimum absolute atomic E-state index is 0.0398. The zero-order valence-electron chi connectivity index (χ0n) is 13.5. The number of hydrogen-bond donors (Lipinski definition) is 2. The van der Waals surface area contributed by atoms with E-state index in [-0.39, 0.29) is 12.5 Å². The van der Waals surface area contributed by atoms with Crippen LogP contribution in [0.4, 0.5) is 4.39 Å². The number of fused-ring (bicyclic) bond motifs is 1. The van der Waals surface area contributed by atoms with Gasteiger partial charge in [0, 0.05) is 12.1 Å². The molecule has 0 fully saturated rings. The van der Waals surface area contributed by atoms with Gasteiger partial charge in [-0.25, -0.2) is 9.37 Å². The summed E-state index contributed by atoms with van der Waals surface area (Å²) in [6.07, 6.45) is 1.55. The van der Waals surface area contributed by atoms with Gasteiger partial charge >= 0.3 is 5.97 Å². The number of aromatic amines is 1. The molecule has 0 bridgehead atoms. The second kappa shape index (κ2) is 7.12. The number of esters is 1. The molecule has 1 atom stereocenters. The van der Waals surface area contributed by atoms with Crippen molar-refractivity contribution in [3.05, 3.63) is 65.7 Å². The van der Waals surface area contributed by atoms with E-state index >= 15 is 0 Å². The molecule has 0 unspecified atom stereocenters. The van der Waals surface area contributed by atoms with Crippen LogP contribution < -0.4 is 5.32 Å². The lowest BCUT2D eigenvalue weighted by Crippen LogP contribution is -2.32. The number of aromatic nitrogens is 2. The second-order valence-electron chi connectivity index (χ2n) is 5.47. The fourth-order valence-corrected chi connectivity index (χ4v) is 2.55. The highest BCUT2D eigenvalue weighted by Crippen LogP contribution is 2.18. The van der Waals surface area contributed by atoms with Crippen LogP contribution in [0.2, 0.25) is 0 Å². The Labute approximate surface area is 143 Å². The third-order valence-electron chi connectivity index (χ3n) is 3.91. The molecule has 25 heavy (non-hydrogen) atoms. The van der Waals surface area contributed by atoms with E-state index in [1.54, 1.807) is 24.5 Å². The van der Waals surface area contributed by atoms with Gasteiger partial charge in [0.2, 0.25) is 0 Å². The number of methoxy groups -OCH3 is 1. The number of amides is 1. The minimum Gasteiger partial charge on any atom is -0.468 e. The minimum atomic E-state index is -0.717. The van der Waals surface area contributed by atoms with E-state index in [0.29, 0.717) is 11.1 Å². The molecule has 1 heterocycles. The number of ether oxygens (including phenoxy) is 1. The van der Waals surface area contributed by atoms with Gasteiger partial charge in [0.1, 0.15) is 5.82 Å². The zero-order chi connectivity index (χ0) is 17.8. The first-order chi connectivity index (χ1) is 12.1. The van der Waals surface area contributed by atoms with E-state index in [1.165, 1.54) is 31.4 Å². The molecular formula is C18H16FN3O3. The monoisotopic (exact) mass is 341 g/mol. The first-order valence-electron chi connectivity index (χ1n) is 7.63. The van der Waals surface area contributed by atoms with Gasteiger partial charge < -0.3 is 15.0 Å². The predicted octanol–water partition coefficient (Wildman–Crippen LogP) is 2.39. The molecule has 1 amide bonds. The Morgan fingerprint density at radius 1 is 1.24 bits per heavy atom. The quantitative estimate of drug-likeness (QED) is 0.698. The standard InChI is InChI=1S/C18H16FN3O3/c1-25-18(24)14(11-2-5-13(19)6-3-11)9-20-17(23)12-4-7-15-16(8-12)22-10-21-15/h2-8,10,14H,9H2,1H3,(H,20,23)(H,21,22)/t14-/m1/s1. The summed E-state index contributed by atoms with van der Waals surface area (Å²) in [5.41, 5.74) is 2.52. The van der Waals surface area contributed by atoms with Gasteiger partial charge in [-0.3, -0.25) is 9.59 Å². The Bertz CT molecular complexity index is 905. The van der Waals surface area contributed by atoms with Gasteiger partial charge in [-0.05, 0) is 35.9 Å². The number of carbonyl (C=O) groups is 2. The molecule has 3 aromatic rings. The maximum atomic E-state index is 13.1. The fourth-order valence-electron chi connectivity index (χ4n) is 2.55. The average Bonchev–Trinajstić information content (AvgIpc) is 3.10. The van der Waals surface area contributed by atoms with E-state index < -0.39 is 17.7 Å². The molecule has 0 aliphatic heterocycles. The van der Waals surface area contributed by atoms with Crippen LogP contribution in [0, 0.1) is 5.82 Å². The van der Waals surface area contributed by atoms with E-state index in [0.717, 1.165) is 11.0 Å². The lowest BCUT2D eigenvalue weighted by atomic mass is 9.99. The Kier molecular flexibility index (Phi) is 4.74. The molecule has 7 heteroatoms. The van der Waals surface area contributed by atoms with Crippen LogP contribution in [0.3, 0.4) is 0 Å². The summed E-state index contributed by atoms with van der Waals surface area (Å²) in [5.74, 6) is -1.95. The van der Waals surface area contributed by atoms with Gasteiger partial charge in [-0.15, -0.1) is 0 Å².